The third kappa shape index (κ3) is 7.26. The smallest absolute Gasteiger partial charge is 0.233 e. The number of halogens is 1. The highest BCUT2D eigenvalue weighted by Crippen LogP contribution is 2.18. The van der Waals surface area contributed by atoms with Crippen molar-refractivity contribution in [3.05, 3.63) is 71.6 Å². The van der Waals surface area contributed by atoms with E-state index in [9.17, 15) is 9.18 Å². The topological polar surface area (TPSA) is 106 Å². The van der Waals surface area contributed by atoms with E-state index in [1.165, 1.54) is 18.5 Å². The lowest BCUT2D eigenvalue weighted by Crippen LogP contribution is -2.11. The molecule has 0 amide bonds. The van der Waals surface area contributed by atoms with E-state index in [4.69, 9.17) is 10.5 Å². The second kappa shape index (κ2) is 11.5. The van der Waals surface area contributed by atoms with E-state index in [1.807, 2.05) is 19.0 Å². The van der Waals surface area contributed by atoms with Crippen LogP contribution >= 0.6 is 0 Å². The Balaban J connectivity index is 1.57. The first-order valence-corrected chi connectivity index (χ1v) is 10.2. The molecule has 3 aromatic rings. The second-order valence-corrected chi connectivity index (χ2v) is 7.44. The Morgan fingerprint density at radius 1 is 1.18 bits per heavy atom. The molecular weight excluding hydrogens is 423 g/mol. The number of nitrogens with one attached hydrogen (secondary N) is 1. The average molecular weight is 449 g/mol. The van der Waals surface area contributed by atoms with Gasteiger partial charge in [-0.15, -0.1) is 0 Å². The molecule has 0 atom stereocenters. The summed E-state index contributed by atoms with van der Waals surface area (Å²) < 4.78 is 19.6. The maximum atomic E-state index is 14.2. The summed E-state index contributed by atoms with van der Waals surface area (Å²) >= 11 is 0. The highest BCUT2D eigenvalue weighted by atomic mass is 19.1. The molecule has 33 heavy (non-hydrogen) atoms. The standard InChI is InChI=1S/C24H25FN6O2/c1-31(2)10-3-4-11-33-23-16-29-21(15-30-23)22(32)13-17-7-8-19(25)18(12-17)14-28-20-6-5-9-27-24(20)26/h5-9,12,15-16,28H,10-11,13-14H2,1-2H3,(H2,26,27). The maximum Gasteiger partial charge on any atom is 0.233 e. The van der Waals surface area contributed by atoms with E-state index in [1.54, 1.807) is 30.5 Å². The van der Waals surface area contributed by atoms with Crippen LogP contribution in [0, 0.1) is 17.7 Å². The summed E-state index contributed by atoms with van der Waals surface area (Å²) in [6.45, 7) is 1.03. The fraction of sp³-hybridized carbons (Fsp3) is 0.250. The van der Waals surface area contributed by atoms with Crippen LogP contribution in [0.2, 0.25) is 0 Å². The van der Waals surface area contributed by atoms with Gasteiger partial charge in [0.2, 0.25) is 5.88 Å². The van der Waals surface area contributed by atoms with Gasteiger partial charge in [-0.1, -0.05) is 24.0 Å². The zero-order chi connectivity index (χ0) is 23.6. The number of pyridine rings is 1. The van der Waals surface area contributed by atoms with Crippen LogP contribution in [0.1, 0.15) is 21.6 Å². The Morgan fingerprint density at radius 2 is 2.03 bits per heavy atom. The number of hydrogen-bond acceptors (Lipinski definition) is 8. The zero-order valence-corrected chi connectivity index (χ0v) is 18.5. The van der Waals surface area contributed by atoms with Crippen molar-refractivity contribution in [2.24, 2.45) is 0 Å². The lowest BCUT2D eigenvalue weighted by molar-refractivity contribution is 0.0987. The van der Waals surface area contributed by atoms with Crippen LogP contribution in [0.3, 0.4) is 0 Å². The number of nitrogens with two attached hydrogens (primary N) is 1. The predicted molar refractivity (Wildman–Crippen MR) is 124 cm³/mol. The van der Waals surface area contributed by atoms with E-state index in [2.05, 4.69) is 32.1 Å². The summed E-state index contributed by atoms with van der Waals surface area (Å²) in [4.78, 5) is 26.8. The van der Waals surface area contributed by atoms with Gasteiger partial charge in [0.25, 0.3) is 0 Å². The lowest BCUT2D eigenvalue weighted by Gasteiger charge is -2.10. The highest BCUT2D eigenvalue weighted by Gasteiger charge is 2.12. The Hall–Kier alpha value is -4.03. The number of ketones is 1. The SMILES string of the molecule is CN(C)CC#CCOc1cnc(C(=O)Cc2ccc(F)c(CNc3cccnc3N)c2)cn1. The van der Waals surface area contributed by atoms with Crippen molar-refractivity contribution in [2.45, 2.75) is 13.0 Å². The summed E-state index contributed by atoms with van der Waals surface area (Å²) in [7, 11) is 3.86. The number of carbonyl (C=O) groups excluding carboxylic acids is 1. The van der Waals surface area contributed by atoms with Crippen LogP contribution in [0.15, 0.2) is 48.9 Å². The van der Waals surface area contributed by atoms with Crippen molar-refractivity contribution in [3.63, 3.8) is 0 Å². The number of anilines is 2. The van der Waals surface area contributed by atoms with Crippen LogP contribution < -0.4 is 15.8 Å². The van der Waals surface area contributed by atoms with Crippen molar-refractivity contribution in [1.29, 1.82) is 0 Å². The second-order valence-electron chi connectivity index (χ2n) is 7.44. The molecule has 0 aliphatic rings. The van der Waals surface area contributed by atoms with E-state index in [0.717, 1.165) is 0 Å². The number of nitrogens with zero attached hydrogens (tertiary/aromatic N) is 4. The monoisotopic (exact) mass is 448 g/mol. The fourth-order valence-corrected chi connectivity index (χ4v) is 2.82. The Morgan fingerprint density at radius 3 is 2.76 bits per heavy atom. The van der Waals surface area contributed by atoms with Gasteiger partial charge in [0, 0.05) is 24.7 Å². The molecule has 2 heterocycles. The van der Waals surface area contributed by atoms with Gasteiger partial charge in [0.05, 0.1) is 24.6 Å². The van der Waals surface area contributed by atoms with Crippen molar-refractivity contribution in [3.8, 4) is 17.7 Å². The number of benzene rings is 1. The molecule has 170 valence electrons. The molecule has 0 spiro atoms. The van der Waals surface area contributed by atoms with Gasteiger partial charge in [0.1, 0.15) is 17.3 Å². The Bertz CT molecular complexity index is 1160. The molecule has 0 fully saturated rings. The Labute approximate surface area is 192 Å². The number of nitrogen functional groups attached to an aromatic ring is 1. The first kappa shape index (κ1) is 23.6. The Kier molecular flexibility index (Phi) is 8.27. The van der Waals surface area contributed by atoms with E-state index < -0.39 is 0 Å². The molecule has 0 unspecified atom stereocenters. The molecule has 9 heteroatoms. The number of rotatable bonds is 9. The molecule has 0 bridgehead atoms. The van der Waals surface area contributed by atoms with Gasteiger partial charge in [-0.3, -0.25) is 9.69 Å². The normalized spacial score (nSPS) is 10.4. The van der Waals surface area contributed by atoms with Crippen molar-refractivity contribution < 1.29 is 13.9 Å². The summed E-state index contributed by atoms with van der Waals surface area (Å²) in [6, 6.07) is 8.05. The predicted octanol–water partition coefficient (Wildman–Crippen LogP) is 2.57. The van der Waals surface area contributed by atoms with Crippen LogP contribution in [0.5, 0.6) is 5.88 Å². The minimum atomic E-state index is -0.379. The largest absolute Gasteiger partial charge is 0.463 e. The van der Waals surface area contributed by atoms with Gasteiger partial charge in [-0.05, 0) is 37.9 Å². The molecule has 0 saturated carbocycles. The van der Waals surface area contributed by atoms with Crippen LogP contribution in [0.25, 0.3) is 0 Å². The van der Waals surface area contributed by atoms with E-state index >= 15 is 0 Å². The van der Waals surface area contributed by atoms with Crippen molar-refractivity contribution >= 4 is 17.3 Å². The van der Waals surface area contributed by atoms with Gasteiger partial charge in [0.15, 0.2) is 12.4 Å². The number of Topliss-reactive ketones (excluding diaryl/α,β-unsaturated/α-hetero) is 1. The molecule has 1 aromatic carbocycles. The molecule has 0 saturated heterocycles. The number of ether oxygens (including phenoxy) is 1. The molecule has 0 aliphatic carbocycles. The summed E-state index contributed by atoms with van der Waals surface area (Å²) in [5, 5.41) is 3.06. The highest BCUT2D eigenvalue weighted by molar-refractivity contribution is 5.95. The van der Waals surface area contributed by atoms with E-state index in [0.29, 0.717) is 29.2 Å². The summed E-state index contributed by atoms with van der Waals surface area (Å²) in [5.74, 6) is 5.83. The molecule has 0 radical (unpaired) electrons. The fourth-order valence-electron chi connectivity index (χ4n) is 2.82. The van der Waals surface area contributed by atoms with Gasteiger partial charge in [-0.25, -0.2) is 19.3 Å². The third-order valence-electron chi connectivity index (χ3n) is 4.51. The number of hydrogen-bond donors (Lipinski definition) is 2. The summed E-state index contributed by atoms with van der Waals surface area (Å²) in [6.07, 6.45) is 4.39. The van der Waals surface area contributed by atoms with Crippen molar-refractivity contribution in [2.75, 3.05) is 38.3 Å². The van der Waals surface area contributed by atoms with Crippen LogP contribution in [-0.4, -0.2) is 52.9 Å². The first-order chi connectivity index (χ1) is 15.9. The zero-order valence-electron chi connectivity index (χ0n) is 18.5. The van der Waals surface area contributed by atoms with Crippen LogP contribution in [0.4, 0.5) is 15.9 Å². The molecule has 3 N–H and O–H groups in total. The molecular formula is C24H25FN6O2. The minimum Gasteiger partial charge on any atom is -0.463 e. The minimum absolute atomic E-state index is 0.0627. The third-order valence-corrected chi connectivity index (χ3v) is 4.51. The summed E-state index contributed by atoms with van der Waals surface area (Å²) in [5.41, 5.74) is 7.69. The van der Waals surface area contributed by atoms with Gasteiger partial charge < -0.3 is 15.8 Å². The molecule has 0 aliphatic heterocycles. The lowest BCUT2D eigenvalue weighted by atomic mass is 10.0. The van der Waals surface area contributed by atoms with E-state index in [-0.39, 0.29) is 42.7 Å². The van der Waals surface area contributed by atoms with Crippen LogP contribution in [-0.2, 0) is 13.0 Å². The molecule has 2 aromatic heterocycles. The van der Waals surface area contributed by atoms with Gasteiger partial charge >= 0.3 is 0 Å². The van der Waals surface area contributed by atoms with Crippen molar-refractivity contribution in [1.82, 2.24) is 19.9 Å². The molecule has 8 nitrogen and oxygen atoms in total. The number of carbonyl (C=O) groups is 1. The molecule has 3 rings (SSSR count). The number of aromatic nitrogens is 3. The average Bonchev–Trinajstić information content (AvgIpc) is 2.80. The first-order valence-electron chi connectivity index (χ1n) is 10.2. The maximum absolute atomic E-state index is 14.2. The van der Waals surface area contributed by atoms with Gasteiger partial charge in [-0.2, -0.15) is 0 Å². The quantitative estimate of drug-likeness (QED) is 0.380.